The fraction of sp³-hybridized carbons (Fsp3) is 0.588. The van der Waals surface area contributed by atoms with E-state index in [4.69, 9.17) is 23.2 Å². The number of sulfonamides is 1. The molecule has 1 aromatic rings. The number of carbonyl (C=O) groups is 1. The highest BCUT2D eigenvalue weighted by Crippen LogP contribution is 2.28. The molecule has 1 amide bonds. The average molecular weight is 422 g/mol. The zero-order valence-electron chi connectivity index (χ0n) is 15.2. The minimum Gasteiger partial charge on any atom is -0.352 e. The number of piperazine rings is 1. The van der Waals surface area contributed by atoms with E-state index in [2.05, 4.69) is 19.2 Å². The summed E-state index contributed by atoms with van der Waals surface area (Å²) in [5, 5.41) is 3.44. The lowest BCUT2D eigenvalue weighted by Gasteiger charge is -2.34. The van der Waals surface area contributed by atoms with Crippen LogP contribution in [-0.2, 0) is 14.8 Å². The Morgan fingerprint density at radius 1 is 1.15 bits per heavy atom. The highest BCUT2D eigenvalue weighted by atomic mass is 35.5. The van der Waals surface area contributed by atoms with Crippen LogP contribution >= 0.6 is 23.2 Å². The molecule has 146 valence electrons. The Morgan fingerprint density at radius 3 is 2.35 bits per heavy atom. The van der Waals surface area contributed by atoms with Crippen LogP contribution in [0.5, 0.6) is 0 Å². The van der Waals surface area contributed by atoms with Gasteiger partial charge in [0.15, 0.2) is 0 Å². The van der Waals surface area contributed by atoms with E-state index >= 15 is 0 Å². The molecule has 1 aromatic carbocycles. The zero-order valence-corrected chi connectivity index (χ0v) is 17.5. The number of benzene rings is 1. The molecule has 0 unspecified atom stereocenters. The Labute approximate surface area is 165 Å². The third kappa shape index (κ3) is 5.33. The molecule has 0 bridgehead atoms. The molecule has 26 heavy (non-hydrogen) atoms. The number of halogens is 2. The van der Waals surface area contributed by atoms with Gasteiger partial charge in [-0.3, -0.25) is 9.69 Å². The first-order valence-corrected chi connectivity index (χ1v) is 10.8. The monoisotopic (exact) mass is 421 g/mol. The van der Waals surface area contributed by atoms with Crippen molar-refractivity contribution in [2.45, 2.75) is 31.7 Å². The summed E-state index contributed by atoms with van der Waals surface area (Å²) in [5.41, 5.74) is 0. The Bertz CT molecular complexity index is 748. The molecule has 2 rings (SSSR count). The van der Waals surface area contributed by atoms with E-state index in [1.54, 1.807) is 6.07 Å². The quantitative estimate of drug-likeness (QED) is 0.765. The standard InChI is InChI=1S/C17H25Cl2N3O3S/c1-12(2)13(3)20-17(23)11-21-6-8-22(9-7-21)26(24,25)16-10-14(18)4-5-15(16)19/h4-5,10,12-13H,6-9,11H2,1-3H3,(H,20,23)/t13-/m1/s1. The maximum absolute atomic E-state index is 12.8. The Morgan fingerprint density at radius 2 is 1.77 bits per heavy atom. The maximum atomic E-state index is 12.8. The van der Waals surface area contributed by atoms with E-state index in [0.29, 0.717) is 37.1 Å². The first-order valence-electron chi connectivity index (χ1n) is 8.58. The normalized spacial score (nSPS) is 18.1. The molecule has 0 radical (unpaired) electrons. The molecule has 0 spiro atoms. The number of nitrogens with zero attached hydrogens (tertiary/aromatic N) is 2. The number of hydrogen-bond acceptors (Lipinski definition) is 4. The summed E-state index contributed by atoms with van der Waals surface area (Å²) >= 11 is 12.0. The van der Waals surface area contributed by atoms with Crippen LogP contribution < -0.4 is 5.32 Å². The summed E-state index contributed by atoms with van der Waals surface area (Å²) in [4.78, 5) is 14.1. The highest BCUT2D eigenvalue weighted by molar-refractivity contribution is 7.89. The fourth-order valence-corrected chi connectivity index (χ4v) is 4.77. The molecular weight excluding hydrogens is 397 g/mol. The largest absolute Gasteiger partial charge is 0.352 e. The smallest absolute Gasteiger partial charge is 0.244 e. The third-order valence-electron chi connectivity index (χ3n) is 4.60. The van der Waals surface area contributed by atoms with Gasteiger partial charge in [-0.05, 0) is 31.0 Å². The lowest BCUT2D eigenvalue weighted by molar-refractivity contribution is -0.123. The van der Waals surface area contributed by atoms with Gasteiger partial charge in [0.25, 0.3) is 0 Å². The van der Waals surface area contributed by atoms with Crippen LogP contribution in [-0.4, -0.2) is 62.3 Å². The van der Waals surface area contributed by atoms with Gasteiger partial charge in [0.1, 0.15) is 4.90 Å². The van der Waals surface area contributed by atoms with Crippen LogP contribution in [0.2, 0.25) is 10.0 Å². The summed E-state index contributed by atoms with van der Waals surface area (Å²) in [6, 6.07) is 4.51. The van der Waals surface area contributed by atoms with E-state index in [1.165, 1.54) is 16.4 Å². The van der Waals surface area contributed by atoms with Crippen molar-refractivity contribution >= 4 is 39.1 Å². The number of rotatable bonds is 6. The van der Waals surface area contributed by atoms with Gasteiger partial charge in [-0.25, -0.2) is 8.42 Å². The molecule has 9 heteroatoms. The van der Waals surface area contributed by atoms with Crippen molar-refractivity contribution in [3.63, 3.8) is 0 Å². The number of amides is 1. The lowest BCUT2D eigenvalue weighted by atomic mass is 10.1. The van der Waals surface area contributed by atoms with Gasteiger partial charge in [0.2, 0.25) is 15.9 Å². The summed E-state index contributed by atoms with van der Waals surface area (Å²) in [5.74, 6) is 0.323. The molecule has 1 aliphatic heterocycles. The summed E-state index contributed by atoms with van der Waals surface area (Å²) in [7, 11) is -3.71. The molecule has 0 saturated carbocycles. The van der Waals surface area contributed by atoms with E-state index in [0.717, 1.165) is 0 Å². The van der Waals surface area contributed by atoms with Crippen molar-refractivity contribution in [2.75, 3.05) is 32.7 Å². The van der Waals surface area contributed by atoms with Crippen molar-refractivity contribution in [1.82, 2.24) is 14.5 Å². The highest BCUT2D eigenvalue weighted by Gasteiger charge is 2.30. The molecule has 1 fully saturated rings. The van der Waals surface area contributed by atoms with E-state index < -0.39 is 10.0 Å². The van der Waals surface area contributed by atoms with Crippen molar-refractivity contribution < 1.29 is 13.2 Å². The number of hydrogen-bond donors (Lipinski definition) is 1. The maximum Gasteiger partial charge on any atom is 0.244 e. The lowest BCUT2D eigenvalue weighted by Crippen LogP contribution is -2.52. The summed E-state index contributed by atoms with van der Waals surface area (Å²) in [6.45, 7) is 7.92. The molecule has 0 aromatic heterocycles. The van der Waals surface area contributed by atoms with Gasteiger partial charge in [0.05, 0.1) is 11.6 Å². The molecular formula is C17H25Cl2N3O3S. The van der Waals surface area contributed by atoms with Crippen molar-refractivity contribution in [1.29, 1.82) is 0 Å². The molecule has 1 N–H and O–H groups in total. The number of carbonyl (C=O) groups excluding carboxylic acids is 1. The van der Waals surface area contributed by atoms with Crippen molar-refractivity contribution in [3.05, 3.63) is 28.2 Å². The minimum atomic E-state index is -3.71. The van der Waals surface area contributed by atoms with Gasteiger partial charge >= 0.3 is 0 Å². The second kappa shape index (κ2) is 8.89. The molecule has 6 nitrogen and oxygen atoms in total. The van der Waals surface area contributed by atoms with Gasteiger partial charge in [-0.15, -0.1) is 0 Å². The van der Waals surface area contributed by atoms with Gasteiger partial charge in [0, 0.05) is 37.2 Å². The Hall–Kier alpha value is -0.860. The van der Waals surface area contributed by atoms with Crippen LogP contribution in [0.1, 0.15) is 20.8 Å². The number of nitrogens with one attached hydrogen (secondary N) is 1. The van der Waals surface area contributed by atoms with Gasteiger partial charge < -0.3 is 5.32 Å². The van der Waals surface area contributed by atoms with Crippen molar-refractivity contribution in [3.8, 4) is 0 Å². The Balaban J connectivity index is 1.95. The second-order valence-electron chi connectivity index (χ2n) is 6.86. The van der Waals surface area contributed by atoms with Crippen molar-refractivity contribution in [2.24, 2.45) is 5.92 Å². The zero-order chi connectivity index (χ0) is 19.5. The summed E-state index contributed by atoms with van der Waals surface area (Å²) < 4.78 is 27.0. The van der Waals surface area contributed by atoms with Crippen LogP contribution in [0.15, 0.2) is 23.1 Å². The molecule has 1 aliphatic rings. The van der Waals surface area contributed by atoms with Crippen LogP contribution in [0, 0.1) is 5.92 Å². The van der Waals surface area contributed by atoms with E-state index in [1.807, 2.05) is 11.8 Å². The van der Waals surface area contributed by atoms with Gasteiger partial charge in [-0.1, -0.05) is 37.0 Å². The predicted molar refractivity (Wildman–Crippen MR) is 104 cm³/mol. The molecule has 0 aliphatic carbocycles. The second-order valence-corrected chi connectivity index (χ2v) is 9.61. The van der Waals surface area contributed by atoms with Gasteiger partial charge in [-0.2, -0.15) is 4.31 Å². The molecule has 1 heterocycles. The van der Waals surface area contributed by atoms with E-state index in [-0.39, 0.29) is 28.4 Å². The fourth-order valence-electron chi connectivity index (χ4n) is 2.61. The van der Waals surface area contributed by atoms with E-state index in [9.17, 15) is 13.2 Å². The first kappa shape index (κ1) is 21.4. The Kier molecular flexibility index (Phi) is 7.33. The predicted octanol–water partition coefficient (Wildman–Crippen LogP) is 2.46. The molecule has 1 saturated heterocycles. The third-order valence-corrected chi connectivity index (χ3v) is 7.21. The molecule has 1 atom stereocenters. The van der Waals surface area contributed by atoms with Crippen LogP contribution in [0.25, 0.3) is 0 Å². The average Bonchev–Trinajstić information content (AvgIpc) is 2.57. The topological polar surface area (TPSA) is 69.7 Å². The van der Waals surface area contributed by atoms with Crippen LogP contribution in [0.3, 0.4) is 0 Å². The SMILES string of the molecule is CC(C)[C@@H](C)NC(=O)CN1CCN(S(=O)(=O)c2cc(Cl)ccc2Cl)CC1. The first-order chi connectivity index (χ1) is 12.1. The van der Waals surface area contributed by atoms with Crippen LogP contribution in [0.4, 0.5) is 0 Å². The summed E-state index contributed by atoms with van der Waals surface area (Å²) in [6.07, 6.45) is 0. The minimum absolute atomic E-state index is 0.0172.